The lowest BCUT2D eigenvalue weighted by atomic mass is 10.2. The monoisotopic (exact) mass is 411 g/mol. The van der Waals surface area contributed by atoms with Crippen molar-refractivity contribution in [1.82, 2.24) is 9.80 Å². The normalized spacial score (nSPS) is 20.4. The van der Waals surface area contributed by atoms with Crippen molar-refractivity contribution in [3.63, 3.8) is 0 Å². The van der Waals surface area contributed by atoms with Gasteiger partial charge in [-0.2, -0.15) is 0 Å². The van der Waals surface area contributed by atoms with Crippen LogP contribution in [0.2, 0.25) is 0 Å². The maximum absolute atomic E-state index is 12.8. The maximum Gasteiger partial charge on any atom is 0.251 e. The van der Waals surface area contributed by atoms with Gasteiger partial charge in [0.05, 0.1) is 13.2 Å². The molecule has 2 fully saturated rings. The number of rotatable bonds is 6. The highest BCUT2D eigenvalue weighted by Gasteiger charge is 2.40. The van der Waals surface area contributed by atoms with Crippen molar-refractivity contribution in [1.29, 1.82) is 0 Å². The Labute approximate surface area is 176 Å². The van der Waals surface area contributed by atoms with Crippen LogP contribution in [0.25, 0.3) is 0 Å². The summed E-state index contributed by atoms with van der Waals surface area (Å²) in [7, 11) is 0. The lowest BCUT2D eigenvalue weighted by Gasteiger charge is -2.28. The summed E-state index contributed by atoms with van der Waals surface area (Å²) >= 11 is 5.66. The van der Waals surface area contributed by atoms with Crippen molar-refractivity contribution in [3.05, 3.63) is 54.6 Å². The Balaban J connectivity index is 1.42. The van der Waals surface area contributed by atoms with Crippen LogP contribution in [0.3, 0.4) is 0 Å². The lowest BCUT2D eigenvalue weighted by Crippen LogP contribution is -2.43. The van der Waals surface area contributed by atoms with Gasteiger partial charge in [-0.05, 0) is 55.5 Å². The quantitative estimate of drug-likeness (QED) is 0.681. The molecule has 2 aliphatic heterocycles. The van der Waals surface area contributed by atoms with Crippen LogP contribution >= 0.6 is 12.2 Å². The van der Waals surface area contributed by atoms with Gasteiger partial charge in [-0.15, -0.1) is 0 Å². The minimum absolute atomic E-state index is 0.0490. The summed E-state index contributed by atoms with van der Waals surface area (Å²) in [6.07, 6.45) is 0. The first-order valence-electron chi connectivity index (χ1n) is 9.91. The molecule has 0 N–H and O–H groups in total. The van der Waals surface area contributed by atoms with E-state index in [4.69, 9.17) is 21.7 Å². The summed E-state index contributed by atoms with van der Waals surface area (Å²) in [6, 6.07) is 17.0. The molecule has 1 unspecified atom stereocenters. The highest BCUT2D eigenvalue weighted by atomic mass is 32.1. The smallest absolute Gasteiger partial charge is 0.251 e. The first-order chi connectivity index (χ1) is 14.1. The number of nitrogens with zero attached hydrogens (tertiary/aromatic N) is 3. The zero-order chi connectivity index (χ0) is 20.2. The van der Waals surface area contributed by atoms with Crippen LogP contribution < -0.4 is 9.64 Å². The van der Waals surface area contributed by atoms with E-state index in [-0.39, 0.29) is 11.9 Å². The van der Waals surface area contributed by atoms with Crippen LogP contribution in [-0.4, -0.2) is 66.3 Å². The van der Waals surface area contributed by atoms with Crippen molar-refractivity contribution < 1.29 is 14.3 Å². The van der Waals surface area contributed by atoms with Gasteiger partial charge in [-0.25, -0.2) is 0 Å². The zero-order valence-electron chi connectivity index (χ0n) is 16.5. The number of benzene rings is 2. The number of hydrogen-bond donors (Lipinski definition) is 0. The number of carbonyl (C=O) groups excluding carboxylic acids is 1. The van der Waals surface area contributed by atoms with Gasteiger partial charge in [-0.3, -0.25) is 14.6 Å². The SMILES string of the molecule is CC1C(=O)N(CCN2CCOCC2)C(=S)N1c1ccc(Oc2ccccc2)cc1. The summed E-state index contributed by atoms with van der Waals surface area (Å²) in [5.74, 6) is 1.58. The highest BCUT2D eigenvalue weighted by molar-refractivity contribution is 7.80. The van der Waals surface area contributed by atoms with E-state index in [9.17, 15) is 4.79 Å². The van der Waals surface area contributed by atoms with Crippen LogP contribution in [0.15, 0.2) is 54.6 Å². The fraction of sp³-hybridized carbons (Fsp3) is 0.364. The summed E-state index contributed by atoms with van der Waals surface area (Å²) in [5, 5.41) is 0.562. The number of amides is 1. The number of morpholine rings is 1. The van der Waals surface area contributed by atoms with E-state index in [1.807, 2.05) is 66.4 Å². The van der Waals surface area contributed by atoms with E-state index in [1.165, 1.54) is 0 Å². The minimum Gasteiger partial charge on any atom is -0.457 e. The van der Waals surface area contributed by atoms with Crippen LogP contribution in [-0.2, 0) is 9.53 Å². The molecule has 0 aliphatic carbocycles. The molecule has 0 aromatic heterocycles. The molecule has 152 valence electrons. The molecule has 7 heteroatoms. The van der Waals surface area contributed by atoms with Gasteiger partial charge < -0.3 is 14.4 Å². The minimum atomic E-state index is -0.312. The van der Waals surface area contributed by atoms with Crippen LogP contribution in [0.5, 0.6) is 11.5 Å². The average molecular weight is 412 g/mol. The van der Waals surface area contributed by atoms with Crippen molar-refractivity contribution in [2.75, 3.05) is 44.3 Å². The zero-order valence-corrected chi connectivity index (χ0v) is 17.3. The summed E-state index contributed by atoms with van der Waals surface area (Å²) in [4.78, 5) is 18.8. The molecule has 0 bridgehead atoms. The van der Waals surface area contributed by atoms with Gasteiger partial charge in [0.1, 0.15) is 17.5 Å². The first kappa shape index (κ1) is 19.8. The fourth-order valence-electron chi connectivity index (χ4n) is 3.63. The summed E-state index contributed by atoms with van der Waals surface area (Å²) in [5.41, 5.74) is 0.894. The Morgan fingerprint density at radius 2 is 1.66 bits per heavy atom. The molecule has 0 saturated carbocycles. The number of carbonyl (C=O) groups is 1. The summed E-state index contributed by atoms with van der Waals surface area (Å²) < 4.78 is 11.2. The molecule has 1 atom stereocenters. The predicted octanol–water partition coefficient (Wildman–Crippen LogP) is 3.13. The van der Waals surface area contributed by atoms with Gasteiger partial charge in [-0.1, -0.05) is 18.2 Å². The molecule has 2 heterocycles. The molecule has 2 aliphatic rings. The largest absolute Gasteiger partial charge is 0.457 e. The van der Waals surface area contributed by atoms with E-state index in [0.717, 1.165) is 50.0 Å². The molecular formula is C22H25N3O3S. The number of hydrogen-bond acceptors (Lipinski definition) is 5. The van der Waals surface area contributed by atoms with Gasteiger partial charge in [0.15, 0.2) is 5.11 Å². The van der Waals surface area contributed by atoms with E-state index < -0.39 is 0 Å². The van der Waals surface area contributed by atoms with Gasteiger partial charge in [0.2, 0.25) is 0 Å². The summed E-state index contributed by atoms with van der Waals surface area (Å²) in [6.45, 7) is 6.61. The van der Waals surface area contributed by atoms with Crippen molar-refractivity contribution in [2.24, 2.45) is 0 Å². The molecule has 0 radical (unpaired) electrons. The highest BCUT2D eigenvalue weighted by Crippen LogP contribution is 2.29. The Hall–Kier alpha value is -2.48. The van der Waals surface area contributed by atoms with E-state index in [0.29, 0.717) is 11.7 Å². The maximum atomic E-state index is 12.8. The van der Waals surface area contributed by atoms with Crippen LogP contribution in [0, 0.1) is 0 Å². The topological polar surface area (TPSA) is 45.2 Å². The van der Waals surface area contributed by atoms with E-state index in [2.05, 4.69) is 4.90 Å². The van der Waals surface area contributed by atoms with E-state index in [1.54, 1.807) is 4.90 Å². The Morgan fingerprint density at radius 3 is 2.34 bits per heavy atom. The second-order valence-corrected chi connectivity index (χ2v) is 7.55. The Bertz CT molecular complexity index is 853. The molecule has 0 spiro atoms. The first-order valence-corrected chi connectivity index (χ1v) is 10.3. The van der Waals surface area contributed by atoms with Crippen molar-refractivity contribution in [2.45, 2.75) is 13.0 Å². The molecule has 2 saturated heterocycles. The molecular weight excluding hydrogens is 386 g/mol. The number of para-hydroxylation sites is 1. The van der Waals surface area contributed by atoms with Gasteiger partial charge in [0, 0.05) is 31.9 Å². The fourth-order valence-corrected chi connectivity index (χ4v) is 4.08. The number of anilines is 1. The second kappa shape index (κ2) is 8.90. The second-order valence-electron chi connectivity index (χ2n) is 7.18. The molecule has 4 rings (SSSR count). The Kier molecular flexibility index (Phi) is 6.08. The Morgan fingerprint density at radius 1 is 1.00 bits per heavy atom. The third kappa shape index (κ3) is 4.42. The van der Waals surface area contributed by atoms with E-state index >= 15 is 0 Å². The molecule has 2 aromatic rings. The molecule has 2 aromatic carbocycles. The third-order valence-electron chi connectivity index (χ3n) is 5.29. The molecule has 29 heavy (non-hydrogen) atoms. The van der Waals surface area contributed by atoms with Crippen molar-refractivity contribution in [3.8, 4) is 11.5 Å². The van der Waals surface area contributed by atoms with Gasteiger partial charge in [0.25, 0.3) is 5.91 Å². The standard InChI is InChI=1S/C22H25N3O3S/c1-17-21(26)24(12-11-23-13-15-27-16-14-23)22(29)25(17)18-7-9-20(10-8-18)28-19-5-3-2-4-6-19/h2-10,17H,11-16H2,1H3. The van der Waals surface area contributed by atoms with Gasteiger partial charge >= 0.3 is 0 Å². The van der Waals surface area contributed by atoms with Crippen LogP contribution in [0.1, 0.15) is 6.92 Å². The van der Waals surface area contributed by atoms with Crippen LogP contribution in [0.4, 0.5) is 5.69 Å². The average Bonchev–Trinajstić information content (AvgIpc) is 2.97. The number of ether oxygens (including phenoxy) is 2. The van der Waals surface area contributed by atoms with Crippen molar-refractivity contribution >= 4 is 28.9 Å². The molecule has 1 amide bonds. The number of thiocarbonyl (C=S) groups is 1. The predicted molar refractivity (Wildman–Crippen MR) is 116 cm³/mol. The molecule has 6 nitrogen and oxygen atoms in total. The third-order valence-corrected chi connectivity index (χ3v) is 5.70. The lowest BCUT2D eigenvalue weighted by molar-refractivity contribution is -0.126.